The second-order valence-electron chi connectivity index (χ2n) is 4.39. The van der Waals surface area contributed by atoms with Gasteiger partial charge in [-0.3, -0.25) is 11.3 Å². The van der Waals surface area contributed by atoms with E-state index < -0.39 is 18.6 Å². The molecular formula is C13H15F3N4. The van der Waals surface area contributed by atoms with Crippen LogP contribution in [0.5, 0.6) is 0 Å². The third-order valence-electron chi connectivity index (χ3n) is 2.91. The van der Waals surface area contributed by atoms with E-state index in [0.717, 1.165) is 5.69 Å². The van der Waals surface area contributed by atoms with E-state index in [1.807, 2.05) is 30.3 Å². The van der Waals surface area contributed by atoms with Gasteiger partial charge in [0, 0.05) is 12.6 Å². The number of hydrogen-bond donors (Lipinski definition) is 2. The lowest BCUT2D eigenvalue weighted by molar-refractivity contribution is -0.136. The van der Waals surface area contributed by atoms with Gasteiger partial charge in [-0.15, -0.1) is 0 Å². The molecule has 7 heteroatoms. The molecule has 20 heavy (non-hydrogen) atoms. The monoisotopic (exact) mass is 284 g/mol. The third-order valence-corrected chi connectivity index (χ3v) is 2.91. The number of para-hydroxylation sites is 1. The number of benzene rings is 1. The number of hydrazine groups is 1. The number of nitrogens with one attached hydrogen (secondary N) is 1. The van der Waals surface area contributed by atoms with Gasteiger partial charge in [-0.2, -0.15) is 18.3 Å². The first-order valence-electron chi connectivity index (χ1n) is 6.13. The maximum atomic E-state index is 12.2. The number of aromatic nitrogens is 2. The topological polar surface area (TPSA) is 55.9 Å². The summed E-state index contributed by atoms with van der Waals surface area (Å²) in [5, 5.41) is 4.26. The Balaban J connectivity index is 2.10. The van der Waals surface area contributed by atoms with Gasteiger partial charge in [-0.05, 0) is 24.6 Å². The van der Waals surface area contributed by atoms with Gasteiger partial charge in [0.2, 0.25) is 0 Å². The molecule has 1 atom stereocenters. The van der Waals surface area contributed by atoms with Crippen molar-refractivity contribution in [1.82, 2.24) is 15.2 Å². The minimum atomic E-state index is -4.20. The first-order chi connectivity index (χ1) is 9.49. The van der Waals surface area contributed by atoms with Crippen LogP contribution in [0, 0.1) is 0 Å². The summed E-state index contributed by atoms with van der Waals surface area (Å²) in [5.41, 5.74) is 3.70. The fraction of sp³-hybridized carbons (Fsp3) is 0.308. The quantitative estimate of drug-likeness (QED) is 0.655. The van der Waals surface area contributed by atoms with Crippen molar-refractivity contribution in [3.63, 3.8) is 0 Å². The van der Waals surface area contributed by atoms with Crippen molar-refractivity contribution >= 4 is 0 Å². The van der Waals surface area contributed by atoms with Crippen LogP contribution in [-0.2, 0) is 0 Å². The highest BCUT2D eigenvalue weighted by atomic mass is 19.4. The van der Waals surface area contributed by atoms with Crippen molar-refractivity contribution in [1.29, 1.82) is 0 Å². The Morgan fingerprint density at radius 3 is 2.50 bits per heavy atom. The maximum absolute atomic E-state index is 12.2. The fourth-order valence-corrected chi connectivity index (χ4v) is 1.87. The SMILES string of the molecule is NNC(CCC(F)(F)F)c1ccn(-c2ccccc2)n1. The largest absolute Gasteiger partial charge is 0.389 e. The summed E-state index contributed by atoms with van der Waals surface area (Å²) in [7, 11) is 0. The van der Waals surface area contributed by atoms with E-state index in [0.29, 0.717) is 5.69 Å². The Morgan fingerprint density at radius 2 is 1.90 bits per heavy atom. The van der Waals surface area contributed by atoms with Crippen LogP contribution in [0.25, 0.3) is 5.69 Å². The minimum absolute atomic E-state index is 0.147. The molecule has 0 amide bonds. The van der Waals surface area contributed by atoms with Crippen LogP contribution >= 0.6 is 0 Å². The maximum Gasteiger partial charge on any atom is 0.389 e. The van der Waals surface area contributed by atoms with Crippen molar-refractivity contribution < 1.29 is 13.2 Å². The van der Waals surface area contributed by atoms with Gasteiger partial charge >= 0.3 is 6.18 Å². The van der Waals surface area contributed by atoms with Crippen LogP contribution in [-0.4, -0.2) is 16.0 Å². The smallest absolute Gasteiger partial charge is 0.271 e. The number of rotatable bonds is 5. The van der Waals surface area contributed by atoms with Crippen LogP contribution in [0.3, 0.4) is 0 Å². The number of alkyl halides is 3. The number of hydrogen-bond acceptors (Lipinski definition) is 3. The summed E-state index contributed by atoms with van der Waals surface area (Å²) in [5.74, 6) is 5.32. The summed E-state index contributed by atoms with van der Waals surface area (Å²) in [6, 6.07) is 10.4. The second-order valence-corrected chi connectivity index (χ2v) is 4.39. The van der Waals surface area contributed by atoms with Crippen LogP contribution in [0.2, 0.25) is 0 Å². The van der Waals surface area contributed by atoms with E-state index in [4.69, 9.17) is 5.84 Å². The molecule has 1 heterocycles. The Bertz CT molecular complexity index is 536. The number of nitrogens with two attached hydrogens (primary N) is 1. The Hall–Kier alpha value is -1.86. The van der Waals surface area contributed by atoms with Crippen LogP contribution < -0.4 is 11.3 Å². The molecule has 0 bridgehead atoms. The molecule has 0 saturated heterocycles. The lowest BCUT2D eigenvalue weighted by Crippen LogP contribution is -2.29. The average Bonchev–Trinajstić information content (AvgIpc) is 2.89. The van der Waals surface area contributed by atoms with Crippen molar-refractivity contribution in [2.75, 3.05) is 0 Å². The summed E-state index contributed by atoms with van der Waals surface area (Å²) >= 11 is 0. The molecule has 108 valence electrons. The van der Waals surface area contributed by atoms with Crippen molar-refractivity contribution in [2.24, 2.45) is 5.84 Å². The first kappa shape index (κ1) is 14.5. The zero-order valence-electron chi connectivity index (χ0n) is 10.6. The van der Waals surface area contributed by atoms with Crippen LogP contribution in [0.15, 0.2) is 42.6 Å². The molecule has 4 nitrogen and oxygen atoms in total. The Morgan fingerprint density at radius 1 is 1.20 bits per heavy atom. The van der Waals surface area contributed by atoms with Crippen molar-refractivity contribution in [2.45, 2.75) is 25.1 Å². The molecule has 0 aliphatic rings. The molecule has 0 fully saturated rings. The minimum Gasteiger partial charge on any atom is -0.271 e. The lowest BCUT2D eigenvalue weighted by Gasteiger charge is -2.14. The molecule has 0 aliphatic heterocycles. The third kappa shape index (κ3) is 3.82. The zero-order chi connectivity index (χ0) is 14.6. The van der Waals surface area contributed by atoms with Gasteiger partial charge in [0.25, 0.3) is 0 Å². The molecule has 2 rings (SSSR count). The van der Waals surface area contributed by atoms with E-state index in [-0.39, 0.29) is 6.42 Å². The molecule has 1 aromatic carbocycles. The molecule has 1 unspecified atom stereocenters. The molecule has 1 aromatic heterocycles. The summed E-state index contributed by atoms with van der Waals surface area (Å²) in [4.78, 5) is 0. The van der Waals surface area contributed by atoms with Crippen LogP contribution in [0.1, 0.15) is 24.6 Å². The van der Waals surface area contributed by atoms with E-state index in [1.165, 1.54) is 0 Å². The zero-order valence-corrected chi connectivity index (χ0v) is 10.6. The lowest BCUT2D eigenvalue weighted by atomic mass is 10.1. The van der Waals surface area contributed by atoms with Gasteiger partial charge < -0.3 is 0 Å². The van der Waals surface area contributed by atoms with Crippen molar-refractivity contribution in [3.05, 3.63) is 48.3 Å². The van der Waals surface area contributed by atoms with Gasteiger partial charge in [0.1, 0.15) is 0 Å². The normalized spacial score (nSPS) is 13.4. The molecule has 2 aromatic rings. The predicted molar refractivity (Wildman–Crippen MR) is 68.9 cm³/mol. The van der Waals surface area contributed by atoms with E-state index >= 15 is 0 Å². The summed E-state index contributed by atoms with van der Waals surface area (Å²) < 4.78 is 38.3. The van der Waals surface area contributed by atoms with Gasteiger partial charge in [-0.25, -0.2) is 4.68 Å². The summed E-state index contributed by atoms with van der Waals surface area (Å²) in [6.07, 6.45) is -3.55. The van der Waals surface area contributed by atoms with E-state index in [1.54, 1.807) is 16.9 Å². The molecule has 0 radical (unpaired) electrons. The number of nitrogens with zero attached hydrogens (tertiary/aromatic N) is 2. The molecule has 0 saturated carbocycles. The molecular weight excluding hydrogens is 269 g/mol. The molecule has 3 N–H and O–H groups in total. The highest BCUT2D eigenvalue weighted by molar-refractivity contribution is 5.30. The second kappa shape index (κ2) is 6.06. The molecule has 0 spiro atoms. The van der Waals surface area contributed by atoms with Gasteiger partial charge in [0.15, 0.2) is 0 Å². The van der Waals surface area contributed by atoms with E-state index in [9.17, 15) is 13.2 Å². The highest BCUT2D eigenvalue weighted by Gasteiger charge is 2.29. The predicted octanol–water partition coefficient (Wildman–Crippen LogP) is 2.72. The Kier molecular flexibility index (Phi) is 4.41. The van der Waals surface area contributed by atoms with Gasteiger partial charge in [-0.1, -0.05) is 18.2 Å². The molecule has 0 aliphatic carbocycles. The summed E-state index contributed by atoms with van der Waals surface area (Å²) in [6.45, 7) is 0. The first-order valence-corrected chi connectivity index (χ1v) is 6.13. The number of halogens is 3. The fourth-order valence-electron chi connectivity index (χ4n) is 1.87. The highest BCUT2D eigenvalue weighted by Crippen LogP contribution is 2.26. The standard InChI is InChI=1S/C13H15F3N4/c14-13(15,16)8-6-11(18-17)12-7-9-20(19-12)10-4-2-1-3-5-10/h1-5,7,9,11,18H,6,8,17H2. The van der Waals surface area contributed by atoms with Crippen LogP contribution in [0.4, 0.5) is 13.2 Å². The Labute approximate surface area is 114 Å². The van der Waals surface area contributed by atoms with Crippen molar-refractivity contribution in [3.8, 4) is 5.69 Å². The average molecular weight is 284 g/mol. The van der Waals surface area contributed by atoms with Gasteiger partial charge in [0.05, 0.1) is 17.4 Å². The van der Waals surface area contributed by atoms with E-state index in [2.05, 4.69) is 10.5 Å².